The van der Waals surface area contributed by atoms with Crippen LogP contribution < -0.4 is 0 Å². The van der Waals surface area contributed by atoms with Crippen LogP contribution in [-0.2, 0) is 33.4 Å². The molecular weight excluding hydrogens is 905 g/mol. The summed E-state index contributed by atoms with van der Waals surface area (Å²) >= 11 is 0. The topological polar surface area (TPSA) is 136 Å². The third-order valence-corrected chi connectivity index (χ3v) is 13.5. The summed E-state index contributed by atoms with van der Waals surface area (Å²) in [5.41, 5.74) is 0. The van der Waals surface area contributed by atoms with E-state index in [1.807, 2.05) is 0 Å². The van der Waals surface area contributed by atoms with Gasteiger partial charge in [0.2, 0.25) is 0 Å². The van der Waals surface area contributed by atoms with E-state index in [4.69, 9.17) is 24.4 Å². The molecule has 0 aromatic heterocycles. The van der Waals surface area contributed by atoms with Gasteiger partial charge in [-0.05, 0) is 26.2 Å². The van der Waals surface area contributed by atoms with Crippen molar-refractivity contribution in [2.24, 2.45) is 0 Å². The number of unbranched alkanes of at least 4 members (excludes halogenated alkanes) is 42. The van der Waals surface area contributed by atoms with Crippen molar-refractivity contribution in [2.45, 2.75) is 348 Å². The number of hydrogen-bond acceptors (Lipinski definition) is 8. The van der Waals surface area contributed by atoms with E-state index < -0.39 is 18.2 Å². The number of aliphatic hydroxyl groups is 1. The van der Waals surface area contributed by atoms with E-state index in [9.17, 15) is 19.2 Å². The molecule has 0 aromatic rings. The molecule has 0 rings (SSSR count). The second kappa shape index (κ2) is 62.4. The number of carboxylic acids is 1. The minimum absolute atomic E-state index is 0. The van der Waals surface area contributed by atoms with Gasteiger partial charge in [0.15, 0.2) is 6.10 Å². The molecule has 9 nitrogen and oxygen atoms in total. The first-order valence-electron chi connectivity index (χ1n) is 30.1. The Morgan fingerprint density at radius 3 is 0.686 bits per heavy atom. The summed E-state index contributed by atoms with van der Waals surface area (Å²) in [5.74, 6) is -2.02. The first kappa shape index (κ1) is 73.3. The molecule has 10 heteroatoms. The molecule has 0 bridgehead atoms. The van der Waals surface area contributed by atoms with Crippen LogP contribution >= 0.6 is 0 Å². The number of rotatable bonds is 54. The van der Waals surface area contributed by atoms with E-state index in [0.29, 0.717) is 19.3 Å². The molecule has 1 unspecified atom stereocenters. The first-order valence-corrected chi connectivity index (χ1v) is 30.1. The zero-order valence-electron chi connectivity index (χ0n) is 46.3. The van der Waals surface area contributed by atoms with Gasteiger partial charge >= 0.3 is 61.6 Å². The number of ether oxygens (including phenoxy) is 3. The fourth-order valence-electron chi connectivity index (χ4n) is 8.80. The van der Waals surface area contributed by atoms with E-state index in [1.165, 1.54) is 238 Å². The molecule has 0 radical (unpaired) electrons. The summed E-state index contributed by atoms with van der Waals surface area (Å²) in [4.78, 5) is 47.5. The van der Waals surface area contributed by atoms with E-state index in [1.54, 1.807) is 0 Å². The van der Waals surface area contributed by atoms with Crippen molar-refractivity contribution < 1.29 is 43.6 Å². The zero-order valence-corrected chi connectivity index (χ0v) is 46.3. The second-order valence-corrected chi connectivity index (χ2v) is 20.6. The van der Waals surface area contributed by atoms with Gasteiger partial charge in [0.1, 0.15) is 19.3 Å². The normalized spacial score (nSPS) is 11.5. The summed E-state index contributed by atoms with van der Waals surface area (Å²) in [6, 6.07) is 0. The summed E-state index contributed by atoms with van der Waals surface area (Å²) in [6.07, 6.45) is 56.8. The monoisotopic (exact) mass is 1020 g/mol. The quantitative estimate of drug-likeness (QED) is 0.0264. The van der Waals surface area contributed by atoms with Gasteiger partial charge in [0, 0.05) is 19.3 Å². The van der Waals surface area contributed by atoms with Crippen molar-refractivity contribution >= 4 is 61.6 Å². The molecular formula is C60H118CaO9. The summed E-state index contributed by atoms with van der Waals surface area (Å²) in [7, 11) is 0. The van der Waals surface area contributed by atoms with Gasteiger partial charge in [-0.2, -0.15) is 0 Å². The Morgan fingerprint density at radius 1 is 0.329 bits per heavy atom. The van der Waals surface area contributed by atoms with Gasteiger partial charge in [-0.1, -0.05) is 290 Å². The van der Waals surface area contributed by atoms with Crippen molar-refractivity contribution in [2.75, 3.05) is 13.2 Å². The van der Waals surface area contributed by atoms with Gasteiger partial charge in [0.25, 0.3) is 0 Å². The number of aliphatic carboxylic acids is 1. The van der Waals surface area contributed by atoms with Gasteiger partial charge in [-0.3, -0.25) is 14.4 Å². The van der Waals surface area contributed by atoms with Crippen molar-refractivity contribution in [3.63, 3.8) is 0 Å². The molecule has 414 valence electrons. The summed E-state index contributed by atoms with van der Waals surface area (Å²) in [5, 5.41) is 15.8. The molecule has 0 fully saturated rings. The fourth-order valence-corrected chi connectivity index (χ4v) is 8.80. The molecule has 0 aromatic carbocycles. The average Bonchev–Trinajstić information content (AvgIpc) is 3.33. The van der Waals surface area contributed by atoms with Crippen LogP contribution in [0.15, 0.2) is 0 Å². The Bertz CT molecular complexity index is 1040. The van der Waals surface area contributed by atoms with Gasteiger partial charge < -0.3 is 24.4 Å². The maximum atomic E-state index is 12.8. The van der Waals surface area contributed by atoms with Crippen molar-refractivity contribution in [1.82, 2.24) is 0 Å². The molecule has 1 atom stereocenters. The standard InChI is InChI=1S/C57H110O6.C3H6O3.Ca.2H/c1-4-7-10-13-16-19-22-25-28-31-34-37-40-43-46-49-55(58)61-52-54(63-57(60)51-48-45-42-39-36-33-30-27-24-21-18-15-12-9-6-3)53-62-56(59)50-47-44-41-38-35-32-29-26-23-20-17-14-11-8-5-2;1-2(4)3(5)6;;;/h54H,4-53H2,1-3H3;2,4H,1H3,(H,5,6);;;. The molecule has 0 aliphatic heterocycles. The Balaban J connectivity index is -0.00000599. The molecule has 0 spiro atoms. The number of aliphatic hydroxyl groups excluding tert-OH is 1. The van der Waals surface area contributed by atoms with Gasteiger partial charge in [0.05, 0.1) is 0 Å². The molecule has 0 saturated carbocycles. The minimum atomic E-state index is -1.23. The third-order valence-electron chi connectivity index (χ3n) is 13.5. The molecule has 0 aliphatic rings. The van der Waals surface area contributed by atoms with Crippen LogP contribution in [0.5, 0.6) is 0 Å². The Hall–Kier alpha value is -0.900. The number of hydrogen-bond donors (Lipinski definition) is 2. The molecule has 0 amide bonds. The first-order chi connectivity index (χ1) is 33.7. The number of carbonyl (C=O) groups is 4. The van der Waals surface area contributed by atoms with Gasteiger partial charge in [-0.25, -0.2) is 4.79 Å². The van der Waals surface area contributed by atoms with Crippen LogP contribution in [0.3, 0.4) is 0 Å². The van der Waals surface area contributed by atoms with Crippen LogP contribution in [0, 0.1) is 0 Å². The summed E-state index contributed by atoms with van der Waals surface area (Å²) < 4.78 is 16.9. The van der Waals surface area contributed by atoms with Crippen molar-refractivity contribution in [3.8, 4) is 0 Å². The Labute approximate surface area is 463 Å². The van der Waals surface area contributed by atoms with E-state index in [-0.39, 0.29) is 68.9 Å². The van der Waals surface area contributed by atoms with E-state index in [0.717, 1.165) is 57.8 Å². The molecule has 2 N–H and O–H groups in total. The molecule has 0 heterocycles. The SMILES string of the molecule is CC(O)C(=O)O.CCCCCCCCCCCCCCCCCC(=O)OCC(COC(=O)CCCCCCCCCCCCCCCCC)OC(=O)CCCCCCCCCCCCCCCCC.[CaH2]. The summed E-state index contributed by atoms with van der Waals surface area (Å²) in [6.45, 7) is 7.90. The number of carboxylic acid groups (broad SMARTS) is 1. The van der Waals surface area contributed by atoms with Crippen molar-refractivity contribution in [3.05, 3.63) is 0 Å². The van der Waals surface area contributed by atoms with E-state index in [2.05, 4.69) is 20.8 Å². The number of carbonyl (C=O) groups excluding carboxylic acids is 3. The fraction of sp³-hybridized carbons (Fsp3) is 0.933. The Kier molecular flexibility index (Phi) is 65.4. The van der Waals surface area contributed by atoms with Crippen LogP contribution in [0.25, 0.3) is 0 Å². The van der Waals surface area contributed by atoms with Crippen molar-refractivity contribution in [1.29, 1.82) is 0 Å². The van der Waals surface area contributed by atoms with Crippen LogP contribution in [0.2, 0.25) is 0 Å². The molecule has 0 saturated heterocycles. The average molecular weight is 1020 g/mol. The van der Waals surface area contributed by atoms with E-state index >= 15 is 0 Å². The predicted octanol–water partition coefficient (Wildman–Crippen LogP) is 17.3. The second-order valence-electron chi connectivity index (χ2n) is 20.6. The Morgan fingerprint density at radius 2 is 0.500 bits per heavy atom. The van der Waals surface area contributed by atoms with Gasteiger partial charge in [-0.15, -0.1) is 0 Å². The molecule has 0 aliphatic carbocycles. The molecule has 70 heavy (non-hydrogen) atoms. The maximum absolute atomic E-state index is 12.8. The van der Waals surface area contributed by atoms with Crippen LogP contribution in [-0.4, -0.2) is 97.3 Å². The van der Waals surface area contributed by atoms with Crippen LogP contribution in [0.1, 0.15) is 336 Å². The number of esters is 3. The third kappa shape index (κ3) is 63.2. The zero-order chi connectivity index (χ0) is 50.9. The predicted molar refractivity (Wildman–Crippen MR) is 298 cm³/mol. The van der Waals surface area contributed by atoms with Crippen LogP contribution in [0.4, 0.5) is 0 Å².